The fourth-order valence-corrected chi connectivity index (χ4v) is 1.12. The second kappa shape index (κ2) is 5.31. The lowest BCUT2D eigenvalue weighted by molar-refractivity contribution is 0.204. The number of aliphatic hydroxyl groups is 2. The Kier molecular flexibility index (Phi) is 4.34. The molecule has 7 heteroatoms. The Bertz CT molecular complexity index is 307. The van der Waals surface area contributed by atoms with Gasteiger partial charge in [-0.2, -0.15) is 0 Å². The molecule has 1 rings (SSSR count). The predicted molar refractivity (Wildman–Crippen MR) is 53.6 cm³/mol. The number of aliphatic hydroxyl groups excluding tert-OH is 2. The van der Waals surface area contributed by atoms with E-state index in [0.717, 1.165) is 0 Å². The van der Waals surface area contributed by atoms with E-state index in [9.17, 15) is 0 Å². The summed E-state index contributed by atoms with van der Waals surface area (Å²) in [6.07, 6.45) is 0. The monoisotopic (exact) mass is 237 g/mol. The van der Waals surface area contributed by atoms with Gasteiger partial charge in [0.05, 0.1) is 24.9 Å². The maximum absolute atomic E-state index is 8.81. The molecule has 0 atom stereocenters. The highest BCUT2D eigenvalue weighted by Crippen LogP contribution is 2.21. The summed E-state index contributed by atoms with van der Waals surface area (Å²) in [6, 6.07) is 0.975. The highest BCUT2D eigenvalue weighted by atomic mass is 35.5. The predicted octanol–water partition coefficient (Wildman–Crippen LogP) is 0.548. The molecule has 0 amide bonds. The first-order valence-corrected chi connectivity index (χ1v) is 4.60. The van der Waals surface area contributed by atoms with Crippen molar-refractivity contribution < 1.29 is 10.2 Å². The molecule has 0 fully saturated rings. The fraction of sp³-hybridized carbons (Fsp3) is 0.429. The molecule has 0 unspecified atom stereocenters. The summed E-state index contributed by atoms with van der Waals surface area (Å²) in [5.74, 6) is 0. The molecule has 78 valence electrons. The van der Waals surface area contributed by atoms with Crippen molar-refractivity contribution in [3.05, 3.63) is 16.4 Å². The van der Waals surface area contributed by atoms with Gasteiger partial charge in [0.2, 0.25) is 0 Å². The van der Waals surface area contributed by atoms with E-state index in [1.807, 2.05) is 0 Å². The lowest BCUT2D eigenvalue weighted by Gasteiger charge is -2.14. The third-order valence-electron chi connectivity index (χ3n) is 1.52. The summed E-state index contributed by atoms with van der Waals surface area (Å²) in [7, 11) is 0. The van der Waals surface area contributed by atoms with Crippen molar-refractivity contribution in [1.82, 2.24) is 10.2 Å². The van der Waals surface area contributed by atoms with E-state index in [0.29, 0.717) is 5.69 Å². The number of halogens is 2. The number of nitrogens with zero attached hydrogens (tertiary/aromatic N) is 2. The molecule has 1 heterocycles. The third kappa shape index (κ3) is 2.95. The van der Waals surface area contributed by atoms with Gasteiger partial charge in [-0.25, -0.2) is 0 Å². The van der Waals surface area contributed by atoms with E-state index in [1.165, 1.54) is 6.07 Å². The van der Waals surface area contributed by atoms with E-state index >= 15 is 0 Å². The Labute approximate surface area is 90.7 Å². The Balaban J connectivity index is 2.79. The second-order valence-corrected chi connectivity index (χ2v) is 3.32. The molecule has 5 nitrogen and oxygen atoms in total. The van der Waals surface area contributed by atoms with Crippen LogP contribution in [0.5, 0.6) is 0 Å². The Morgan fingerprint density at radius 2 is 1.93 bits per heavy atom. The standard InChI is InChI=1S/C7H9Cl2N3O2/c8-6-1-5(7(9)12-11-6)10-4(2-13)3-14/h1,4,13-14H,2-3H2,(H,10,11). The van der Waals surface area contributed by atoms with Crippen LogP contribution in [0.3, 0.4) is 0 Å². The number of anilines is 1. The van der Waals surface area contributed by atoms with Crippen molar-refractivity contribution in [1.29, 1.82) is 0 Å². The highest BCUT2D eigenvalue weighted by Gasteiger charge is 2.09. The molecule has 1 aromatic rings. The molecular formula is C7H9Cl2N3O2. The van der Waals surface area contributed by atoms with E-state index in [2.05, 4.69) is 15.5 Å². The molecule has 0 aromatic carbocycles. The molecule has 0 bridgehead atoms. The van der Waals surface area contributed by atoms with E-state index in [4.69, 9.17) is 33.4 Å². The van der Waals surface area contributed by atoms with Gasteiger partial charge in [0.15, 0.2) is 10.3 Å². The second-order valence-electron chi connectivity index (χ2n) is 2.58. The van der Waals surface area contributed by atoms with Gasteiger partial charge in [-0.1, -0.05) is 23.2 Å². The summed E-state index contributed by atoms with van der Waals surface area (Å²) in [5, 5.41) is 27.8. The smallest absolute Gasteiger partial charge is 0.174 e. The summed E-state index contributed by atoms with van der Waals surface area (Å²) in [5.41, 5.74) is 0.430. The first-order valence-electron chi connectivity index (χ1n) is 3.84. The topological polar surface area (TPSA) is 78.3 Å². The van der Waals surface area contributed by atoms with E-state index in [1.54, 1.807) is 0 Å². The average molecular weight is 238 g/mol. The van der Waals surface area contributed by atoms with Crippen LogP contribution in [0.15, 0.2) is 6.07 Å². The molecule has 14 heavy (non-hydrogen) atoms. The van der Waals surface area contributed by atoms with Crippen molar-refractivity contribution in [3.63, 3.8) is 0 Å². The Morgan fingerprint density at radius 1 is 1.29 bits per heavy atom. The van der Waals surface area contributed by atoms with Crippen LogP contribution in [0, 0.1) is 0 Å². The highest BCUT2D eigenvalue weighted by molar-refractivity contribution is 6.33. The van der Waals surface area contributed by atoms with Crippen LogP contribution < -0.4 is 5.32 Å². The average Bonchev–Trinajstić information content (AvgIpc) is 2.19. The summed E-state index contributed by atoms with van der Waals surface area (Å²) in [6.45, 7) is -0.431. The van der Waals surface area contributed by atoms with Crippen LogP contribution in [0.1, 0.15) is 0 Å². The molecule has 3 N–H and O–H groups in total. The van der Waals surface area contributed by atoms with Crippen LogP contribution in [-0.2, 0) is 0 Å². The molecule has 0 saturated carbocycles. The quantitative estimate of drug-likeness (QED) is 0.713. The maximum atomic E-state index is 8.81. The lowest BCUT2D eigenvalue weighted by Crippen LogP contribution is -2.27. The zero-order valence-corrected chi connectivity index (χ0v) is 8.63. The van der Waals surface area contributed by atoms with Crippen LogP contribution in [-0.4, -0.2) is 39.7 Å². The molecule has 0 spiro atoms. The molecule has 0 aliphatic rings. The first kappa shape index (κ1) is 11.5. The van der Waals surface area contributed by atoms with Gasteiger partial charge >= 0.3 is 0 Å². The van der Waals surface area contributed by atoms with Crippen molar-refractivity contribution in [2.45, 2.75) is 6.04 Å². The maximum Gasteiger partial charge on any atom is 0.174 e. The van der Waals surface area contributed by atoms with E-state index < -0.39 is 6.04 Å². The third-order valence-corrected chi connectivity index (χ3v) is 1.98. The molecule has 1 aromatic heterocycles. The zero-order valence-electron chi connectivity index (χ0n) is 7.11. The molecule has 0 aliphatic heterocycles. The number of rotatable bonds is 4. The molecule has 0 aliphatic carbocycles. The van der Waals surface area contributed by atoms with Crippen molar-refractivity contribution >= 4 is 28.9 Å². The number of hydrogen-bond acceptors (Lipinski definition) is 5. The number of nitrogens with one attached hydrogen (secondary N) is 1. The summed E-state index contributed by atoms with van der Waals surface area (Å²) >= 11 is 11.3. The minimum atomic E-state index is -0.493. The number of aromatic nitrogens is 2. The summed E-state index contributed by atoms with van der Waals surface area (Å²) < 4.78 is 0. The largest absolute Gasteiger partial charge is 0.394 e. The van der Waals surface area contributed by atoms with Crippen LogP contribution in [0.25, 0.3) is 0 Å². The minimum absolute atomic E-state index is 0.140. The van der Waals surface area contributed by atoms with E-state index in [-0.39, 0.29) is 23.5 Å². The Morgan fingerprint density at radius 3 is 2.50 bits per heavy atom. The summed E-state index contributed by atoms with van der Waals surface area (Å²) in [4.78, 5) is 0. The zero-order chi connectivity index (χ0) is 10.6. The lowest BCUT2D eigenvalue weighted by atomic mass is 10.3. The van der Waals surface area contributed by atoms with Crippen LogP contribution in [0.2, 0.25) is 10.3 Å². The van der Waals surface area contributed by atoms with Gasteiger partial charge in [-0.15, -0.1) is 10.2 Å². The van der Waals surface area contributed by atoms with Gasteiger partial charge in [-0.3, -0.25) is 0 Å². The van der Waals surface area contributed by atoms with Gasteiger partial charge in [-0.05, 0) is 0 Å². The van der Waals surface area contributed by atoms with Crippen LogP contribution in [0.4, 0.5) is 5.69 Å². The minimum Gasteiger partial charge on any atom is -0.394 e. The van der Waals surface area contributed by atoms with Gasteiger partial charge < -0.3 is 15.5 Å². The van der Waals surface area contributed by atoms with Crippen molar-refractivity contribution in [3.8, 4) is 0 Å². The first-order chi connectivity index (χ1) is 6.67. The van der Waals surface area contributed by atoms with Crippen molar-refractivity contribution in [2.75, 3.05) is 18.5 Å². The van der Waals surface area contributed by atoms with Gasteiger partial charge in [0.25, 0.3) is 0 Å². The molecule has 0 saturated heterocycles. The van der Waals surface area contributed by atoms with Crippen molar-refractivity contribution in [2.24, 2.45) is 0 Å². The van der Waals surface area contributed by atoms with Gasteiger partial charge in [0, 0.05) is 6.07 Å². The SMILES string of the molecule is OCC(CO)Nc1cc(Cl)nnc1Cl. The Hall–Kier alpha value is -0.620. The molecular weight excluding hydrogens is 229 g/mol. The molecule has 0 radical (unpaired) electrons. The van der Waals surface area contributed by atoms with Crippen LogP contribution >= 0.6 is 23.2 Å². The fourth-order valence-electron chi connectivity index (χ4n) is 0.823. The normalized spacial score (nSPS) is 10.6. The van der Waals surface area contributed by atoms with Gasteiger partial charge in [0.1, 0.15) is 0 Å². The number of hydrogen-bond donors (Lipinski definition) is 3.